The molecule has 0 spiro atoms. The summed E-state index contributed by atoms with van der Waals surface area (Å²) in [7, 11) is 1.39. The highest BCUT2D eigenvalue weighted by Gasteiger charge is 2.28. The van der Waals surface area contributed by atoms with Gasteiger partial charge in [-0.25, -0.2) is 4.79 Å². The molecule has 0 aromatic heterocycles. The second-order valence-electron chi connectivity index (χ2n) is 4.25. The van der Waals surface area contributed by atoms with Gasteiger partial charge in [0.05, 0.1) is 0 Å². The van der Waals surface area contributed by atoms with Gasteiger partial charge < -0.3 is 15.3 Å². The Labute approximate surface area is 120 Å². The van der Waals surface area contributed by atoms with Gasteiger partial charge in [0, 0.05) is 19.2 Å². The first-order valence-corrected chi connectivity index (χ1v) is 6.07. The van der Waals surface area contributed by atoms with Crippen LogP contribution in [0.5, 0.6) is 0 Å². The van der Waals surface area contributed by atoms with Crippen molar-refractivity contribution >= 4 is 6.03 Å². The van der Waals surface area contributed by atoms with E-state index in [1.807, 2.05) is 0 Å². The minimum atomic E-state index is -4.44. The number of carbonyl (C=O) groups is 1. The zero-order chi connectivity index (χ0) is 15.9. The van der Waals surface area contributed by atoms with Crippen LogP contribution in [0.1, 0.15) is 11.1 Å². The van der Waals surface area contributed by atoms with Crippen molar-refractivity contribution in [3.8, 4) is 11.8 Å². The third-order valence-electron chi connectivity index (χ3n) is 2.51. The minimum Gasteiger partial charge on any atom is -0.384 e. The quantitative estimate of drug-likeness (QED) is 0.835. The fourth-order valence-electron chi connectivity index (χ4n) is 1.55. The van der Waals surface area contributed by atoms with Gasteiger partial charge >= 0.3 is 12.2 Å². The third-order valence-corrected chi connectivity index (χ3v) is 2.51. The van der Waals surface area contributed by atoms with Crippen molar-refractivity contribution in [1.82, 2.24) is 10.2 Å². The summed E-state index contributed by atoms with van der Waals surface area (Å²) in [5.41, 5.74) is 1.30. The average Bonchev–Trinajstić information content (AvgIpc) is 2.43. The molecule has 7 heteroatoms. The van der Waals surface area contributed by atoms with E-state index in [0.717, 1.165) is 4.90 Å². The molecule has 0 radical (unpaired) electrons. The van der Waals surface area contributed by atoms with Gasteiger partial charge in [-0.05, 0) is 11.6 Å². The molecule has 1 rings (SSSR count). The number of urea groups is 1. The number of amides is 2. The number of nitrogens with zero attached hydrogens (tertiary/aromatic N) is 1. The van der Waals surface area contributed by atoms with Crippen LogP contribution in [0.4, 0.5) is 18.0 Å². The van der Waals surface area contributed by atoms with Gasteiger partial charge in [-0.3, -0.25) is 0 Å². The molecule has 4 nitrogen and oxygen atoms in total. The summed E-state index contributed by atoms with van der Waals surface area (Å²) >= 11 is 0. The Morgan fingerprint density at radius 2 is 2.05 bits per heavy atom. The molecular weight excluding hydrogens is 285 g/mol. The zero-order valence-corrected chi connectivity index (χ0v) is 11.4. The lowest BCUT2D eigenvalue weighted by Crippen LogP contribution is -2.41. The molecule has 0 aliphatic carbocycles. The van der Waals surface area contributed by atoms with Crippen LogP contribution in [0.2, 0.25) is 0 Å². The summed E-state index contributed by atoms with van der Waals surface area (Å²) in [4.78, 5) is 12.7. The molecule has 0 heterocycles. The third kappa shape index (κ3) is 6.19. The molecule has 21 heavy (non-hydrogen) atoms. The SMILES string of the molecule is CN(Cc1ccccc1C#CCO)C(=O)NCC(F)(F)F. The maximum absolute atomic E-state index is 12.0. The first-order valence-electron chi connectivity index (χ1n) is 6.07. The van der Waals surface area contributed by atoms with Crippen molar-refractivity contribution in [1.29, 1.82) is 0 Å². The lowest BCUT2D eigenvalue weighted by molar-refractivity contribution is -0.123. The number of rotatable bonds is 3. The maximum Gasteiger partial charge on any atom is 0.405 e. The number of carbonyl (C=O) groups excluding carboxylic acids is 1. The van der Waals surface area contributed by atoms with E-state index in [0.29, 0.717) is 11.1 Å². The molecule has 2 N–H and O–H groups in total. The number of halogens is 3. The highest BCUT2D eigenvalue weighted by molar-refractivity contribution is 5.74. The van der Waals surface area contributed by atoms with Crippen LogP contribution in [0.3, 0.4) is 0 Å². The van der Waals surface area contributed by atoms with E-state index in [-0.39, 0.29) is 13.2 Å². The number of nitrogens with one attached hydrogen (secondary N) is 1. The minimum absolute atomic E-state index is 0.111. The molecule has 0 atom stereocenters. The number of aliphatic hydroxyl groups is 1. The highest BCUT2D eigenvalue weighted by atomic mass is 19.4. The number of alkyl halides is 3. The van der Waals surface area contributed by atoms with Gasteiger partial charge in [0.25, 0.3) is 0 Å². The summed E-state index contributed by atoms with van der Waals surface area (Å²) in [6, 6.07) is 6.08. The Morgan fingerprint density at radius 3 is 2.67 bits per heavy atom. The lowest BCUT2D eigenvalue weighted by atomic mass is 10.1. The van der Waals surface area contributed by atoms with E-state index in [9.17, 15) is 18.0 Å². The molecule has 0 unspecified atom stereocenters. The number of hydrogen-bond donors (Lipinski definition) is 2. The normalized spacial score (nSPS) is 10.5. The Bertz CT molecular complexity index is 547. The fraction of sp³-hybridized carbons (Fsp3) is 0.357. The van der Waals surface area contributed by atoms with Crippen molar-refractivity contribution in [2.24, 2.45) is 0 Å². The Balaban J connectivity index is 2.70. The topological polar surface area (TPSA) is 52.6 Å². The Kier molecular flexibility index (Phi) is 6.06. The predicted molar refractivity (Wildman–Crippen MR) is 71.3 cm³/mol. The smallest absolute Gasteiger partial charge is 0.384 e. The Hall–Kier alpha value is -2.20. The van der Waals surface area contributed by atoms with Crippen LogP contribution in [0.15, 0.2) is 24.3 Å². The molecule has 1 aromatic carbocycles. The van der Waals surface area contributed by atoms with Crippen LogP contribution < -0.4 is 5.32 Å². The summed E-state index contributed by atoms with van der Waals surface area (Å²) in [5.74, 6) is 5.22. The van der Waals surface area contributed by atoms with Crippen LogP contribution >= 0.6 is 0 Å². The van der Waals surface area contributed by atoms with Gasteiger partial charge in [0.2, 0.25) is 0 Å². The molecule has 0 saturated carbocycles. The van der Waals surface area contributed by atoms with Gasteiger partial charge in [-0.15, -0.1) is 0 Å². The largest absolute Gasteiger partial charge is 0.405 e. The zero-order valence-electron chi connectivity index (χ0n) is 11.4. The van der Waals surface area contributed by atoms with Crippen molar-refractivity contribution < 1.29 is 23.1 Å². The van der Waals surface area contributed by atoms with Crippen molar-refractivity contribution in [3.05, 3.63) is 35.4 Å². The summed E-state index contributed by atoms with van der Waals surface area (Å²) in [5, 5.41) is 10.5. The fourth-order valence-corrected chi connectivity index (χ4v) is 1.55. The van der Waals surface area contributed by atoms with Crippen molar-refractivity contribution in [2.75, 3.05) is 20.2 Å². The molecular formula is C14H15F3N2O2. The van der Waals surface area contributed by atoms with Crippen LogP contribution in [-0.4, -0.2) is 42.4 Å². The Morgan fingerprint density at radius 1 is 1.38 bits per heavy atom. The maximum atomic E-state index is 12.0. The van der Waals surface area contributed by atoms with E-state index in [1.54, 1.807) is 29.6 Å². The molecule has 114 valence electrons. The monoisotopic (exact) mass is 300 g/mol. The molecule has 0 bridgehead atoms. The van der Waals surface area contributed by atoms with E-state index in [1.165, 1.54) is 7.05 Å². The van der Waals surface area contributed by atoms with Gasteiger partial charge in [0.15, 0.2) is 0 Å². The number of aliphatic hydroxyl groups excluding tert-OH is 1. The van der Waals surface area contributed by atoms with Crippen molar-refractivity contribution in [2.45, 2.75) is 12.7 Å². The molecule has 2 amide bonds. The number of benzene rings is 1. The lowest BCUT2D eigenvalue weighted by Gasteiger charge is -2.19. The molecule has 0 saturated heterocycles. The predicted octanol–water partition coefficient (Wildman–Crippen LogP) is 1.73. The van der Waals surface area contributed by atoms with E-state index in [2.05, 4.69) is 11.8 Å². The average molecular weight is 300 g/mol. The van der Waals surface area contributed by atoms with E-state index < -0.39 is 18.8 Å². The summed E-state index contributed by atoms with van der Waals surface area (Å²) < 4.78 is 36.1. The highest BCUT2D eigenvalue weighted by Crippen LogP contribution is 2.13. The second-order valence-corrected chi connectivity index (χ2v) is 4.25. The van der Waals surface area contributed by atoms with E-state index >= 15 is 0 Å². The van der Waals surface area contributed by atoms with Crippen molar-refractivity contribution in [3.63, 3.8) is 0 Å². The van der Waals surface area contributed by atoms with Gasteiger partial charge in [0.1, 0.15) is 13.2 Å². The summed E-state index contributed by atoms with van der Waals surface area (Å²) in [6.45, 7) is -1.56. The first kappa shape index (κ1) is 16.9. The first-order chi connectivity index (χ1) is 9.83. The van der Waals surface area contributed by atoms with E-state index in [4.69, 9.17) is 5.11 Å². The van der Waals surface area contributed by atoms with Crippen LogP contribution in [-0.2, 0) is 6.54 Å². The second kappa shape index (κ2) is 7.55. The van der Waals surface area contributed by atoms with Crippen LogP contribution in [0, 0.1) is 11.8 Å². The molecule has 1 aromatic rings. The van der Waals surface area contributed by atoms with Gasteiger partial charge in [-0.2, -0.15) is 13.2 Å². The number of hydrogen-bond acceptors (Lipinski definition) is 2. The summed E-state index contributed by atoms with van der Waals surface area (Å²) in [6.07, 6.45) is -4.44. The standard InChI is InChI=1S/C14H15F3N2O2/c1-19(13(21)18-10-14(15,16)17)9-12-6-3-2-5-11(12)7-4-8-20/h2-3,5-6,20H,8-10H2,1H3,(H,18,21). The molecule has 0 aliphatic rings. The molecule has 0 fully saturated rings. The van der Waals surface area contributed by atoms with Crippen LogP contribution in [0.25, 0.3) is 0 Å². The van der Waals surface area contributed by atoms with Gasteiger partial charge in [-0.1, -0.05) is 30.0 Å². The molecule has 0 aliphatic heterocycles.